The summed E-state index contributed by atoms with van der Waals surface area (Å²) in [6, 6.07) is 8.19. The van der Waals surface area contributed by atoms with E-state index in [0.29, 0.717) is 17.2 Å². The first-order valence-corrected chi connectivity index (χ1v) is 11.3. The van der Waals surface area contributed by atoms with Crippen molar-refractivity contribution in [1.82, 2.24) is 4.90 Å². The molecule has 3 atom stereocenters. The molecule has 7 nitrogen and oxygen atoms in total. The van der Waals surface area contributed by atoms with Crippen LogP contribution in [-0.2, 0) is 0 Å². The smallest absolute Gasteiger partial charge is 0.231 e. The van der Waals surface area contributed by atoms with Gasteiger partial charge >= 0.3 is 0 Å². The fourth-order valence-electron chi connectivity index (χ4n) is 5.38. The van der Waals surface area contributed by atoms with Gasteiger partial charge in [0, 0.05) is 36.6 Å². The lowest BCUT2D eigenvalue weighted by Gasteiger charge is -2.43. The van der Waals surface area contributed by atoms with E-state index in [-0.39, 0.29) is 24.9 Å². The van der Waals surface area contributed by atoms with Crippen LogP contribution in [0.1, 0.15) is 43.2 Å². The van der Waals surface area contributed by atoms with Gasteiger partial charge in [-0.3, -0.25) is 4.90 Å². The van der Waals surface area contributed by atoms with E-state index < -0.39 is 0 Å². The predicted octanol–water partition coefficient (Wildman–Crippen LogP) is 4.41. The number of nitrogens with zero attached hydrogens (tertiary/aromatic N) is 1. The van der Waals surface area contributed by atoms with Crippen molar-refractivity contribution in [2.75, 3.05) is 41.2 Å². The minimum Gasteiger partial charge on any atom is -0.493 e. The molecule has 2 aromatic carbocycles. The molecule has 2 aromatic rings. The highest BCUT2D eigenvalue weighted by atomic mass is 16.7. The van der Waals surface area contributed by atoms with Gasteiger partial charge < -0.3 is 28.4 Å². The Morgan fingerprint density at radius 3 is 2.12 bits per heavy atom. The summed E-state index contributed by atoms with van der Waals surface area (Å²) < 4.78 is 34.9. The summed E-state index contributed by atoms with van der Waals surface area (Å²) in [6.07, 6.45) is 3.38. The molecule has 0 radical (unpaired) electrons. The van der Waals surface area contributed by atoms with Gasteiger partial charge in [0.05, 0.1) is 21.3 Å². The Hall–Kier alpha value is -2.80. The van der Waals surface area contributed by atoms with E-state index in [4.69, 9.17) is 28.4 Å². The lowest BCUT2D eigenvalue weighted by molar-refractivity contribution is -0.0257. The minimum atomic E-state index is -0.000497. The standard InChI is InChI=1S/C25H31NO6/c1-5-16-23(15-10-21(27-2)24(29-4)22(11-15)28-3)17-12-19-20(31-14-30-19)13-18(17)32-25(16)26-8-6-7-9-26/h10-13,16,23,25H,5-9,14H2,1-4H3/t16-,23-,25-/m0/s1. The van der Waals surface area contributed by atoms with E-state index in [2.05, 4.69) is 30.0 Å². The Balaban J connectivity index is 1.68. The largest absolute Gasteiger partial charge is 0.493 e. The second kappa shape index (κ2) is 8.62. The fourth-order valence-corrected chi connectivity index (χ4v) is 5.38. The molecule has 0 aromatic heterocycles. The zero-order valence-corrected chi connectivity index (χ0v) is 19.2. The molecule has 1 saturated heterocycles. The van der Waals surface area contributed by atoms with E-state index in [9.17, 15) is 0 Å². The summed E-state index contributed by atoms with van der Waals surface area (Å²) >= 11 is 0. The first kappa shape index (κ1) is 21.1. The van der Waals surface area contributed by atoms with Crippen LogP contribution < -0.4 is 28.4 Å². The van der Waals surface area contributed by atoms with Crippen LogP contribution in [0.15, 0.2) is 24.3 Å². The molecule has 172 valence electrons. The number of benzene rings is 2. The third-order valence-corrected chi connectivity index (χ3v) is 6.90. The summed E-state index contributed by atoms with van der Waals surface area (Å²) in [7, 11) is 4.94. The molecule has 5 rings (SSSR count). The molecule has 0 saturated carbocycles. The second-order valence-electron chi connectivity index (χ2n) is 8.50. The molecule has 0 unspecified atom stereocenters. The quantitative estimate of drug-likeness (QED) is 0.658. The van der Waals surface area contributed by atoms with Gasteiger partial charge in [-0.1, -0.05) is 6.92 Å². The van der Waals surface area contributed by atoms with Crippen molar-refractivity contribution in [3.05, 3.63) is 35.4 Å². The highest BCUT2D eigenvalue weighted by molar-refractivity contribution is 5.60. The van der Waals surface area contributed by atoms with Crippen LogP contribution in [0.3, 0.4) is 0 Å². The van der Waals surface area contributed by atoms with Gasteiger partial charge in [0.15, 0.2) is 29.2 Å². The van der Waals surface area contributed by atoms with Crippen LogP contribution in [0.4, 0.5) is 0 Å². The Bertz CT molecular complexity index is 962. The molecular weight excluding hydrogens is 410 g/mol. The average molecular weight is 442 g/mol. The molecule has 32 heavy (non-hydrogen) atoms. The Morgan fingerprint density at radius 1 is 0.875 bits per heavy atom. The van der Waals surface area contributed by atoms with Crippen LogP contribution in [0, 0.1) is 5.92 Å². The van der Waals surface area contributed by atoms with Crippen LogP contribution in [-0.4, -0.2) is 52.3 Å². The normalized spacial score (nSPS) is 24.1. The summed E-state index contributed by atoms with van der Waals surface area (Å²) in [6.45, 7) is 4.59. The molecule has 0 N–H and O–H groups in total. The topological polar surface area (TPSA) is 58.6 Å². The fraction of sp³-hybridized carbons (Fsp3) is 0.520. The number of rotatable bonds is 6. The molecular formula is C25H31NO6. The number of hydrogen-bond acceptors (Lipinski definition) is 7. The monoisotopic (exact) mass is 441 g/mol. The van der Waals surface area contributed by atoms with E-state index >= 15 is 0 Å². The minimum absolute atomic E-state index is 0.000497. The van der Waals surface area contributed by atoms with E-state index in [0.717, 1.165) is 47.9 Å². The SMILES string of the molecule is CC[C@H]1[C@H](c2cc(OC)c(OC)c(OC)c2)c2cc3c(cc2O[C@@H]1N1CCCC1)OCO3. The molecule has 1 fully saturated rings. The molecule has 3 aliphatic heterocycles. The second-order valence-corrected chi connectivity index (χ2v) is 8.50. The number of ether oxygens (including phenoxy) is 6. The molecule has 7 heteroatoms. The number of hydrogen-bond donors (Lipinski definition) is 0. The first-order valence-electron chi connectivity index (χ1n) is 11.3. The van der Waals surface area contributed by atoms with Crippen molar-refractivity contribution < 1.29 is 28.4 Å². The highest BCUT2D eigenvalue weighted by Crippen LogP contribution is 2.52. The molecule has 0 aliphatic carbocycles. The van der Waals surface area contributed by atoms with Gasteiger partial charge in [-0.05, 0) is 43.0 Å². The van der Waals surface area contributed by atoms with Crippen molar-refractivity contribution in [3.63, 3.8) is 0 Å². The zero-order chi connectivity index (χ0) is 22.2. The van der Waals surface area contributed by atoms with Crippen molar-refractivity contribution in [2.45, 2.75) is 38.3 Å². The molecule has 3 aliphatic rings. The van der Waals surface area contributed by atoms with Gasteiger partial charge in [-0.15, -0.1) is 0 Å². The summed E-state index contributed by atoms with van der Waals surface area (Å²) in [4.78, 5) is 2.48. The summed E-state index contributed by atoms with van der Waals surface area (Å²) in [5.74, 6) is 4.60. The van der Waals surface area contributed by atoms with E-state index in [1.165, 1.54) is 12.8 Å². The number of methoxy groups -OCH3 is 3. The number of fused-ring (bicyclic) bond motifs is 2. The van der Waals surface area contributed by atoms with Gasteiger partial charge in [-0.25, -0.2) is 0 Å². The third-order valence-electron chi connectivity index (χ3n) is 6.90. The van der Waals surface area contributed by atoms with E-state index in [1.807, 2.05) is 6.07 Å². The predicted molar refractivity (Wildman–Crippen MR) is 120 cm³/mol. The molecule has 0 bridgehead atoms. The third kappa shape index (κ3) is 3.39. The van der Waals surface area contributed by atoms with Crippen molar-refractivity contribution >= 4 is 0 Å². The Morgan fingerprint density at radius 2 is 1.53 bits per heavy atom. The van der Waals surface area contributed by atoms with Crippen molar-refractivity contribution in [3.8, 4) is 34.5 Å². The van der Waals surface area contributed by atoms with Crippen LogP contribution >= 0.6 is 0 Å². The summed E-state index contributed by atoms with van der Waals surface area (Å²) in [5.41, 5.74) is 2.21. The van der Waals surface area contributed by atoms with Gasteiger partial charge in [-0.2, -0.15) is 0 Å². The van der Waals surface area contributed by atoms with Crippen LogP contribution in [0.2, 0.25) is 0 Å². The van der Waals surface area contributed by atoms with E-state index in [1.54, 1.807) is 21.3 Å². The summed E-state index contributed by atoms with van der Waals surface area (Å²) in [5, 5.41) is 0. The Labute approximate surface area is 189 Å². The lowest BCUT2D eigenvalue weighted by atomic mass is 9.75. The van der Waals surface area contributed by atoms with Crippen molar-refractivity contribution in [1.29, 1.82) is 0 Å². The molecule has 0 amide bonds. The molecule has 0 spiro atoms. The van der Waals surface area contributed by atoms with Gasteiger partial charge in [0.2, 0.25) is 12.5 Å². The molecule has 3 heterocycles. The van der Waals surface area contributed by atoms with Crippen LogP contribution in [0.25, 0.3) is 0 Å². The Kier molecular flexibility index (Phi) is 5.67. The zero-order valence-electron chi connectivity index (χ0n) is 19.2. The van der Waals surface area contributed by atoms with Crippen molar-refractivity contribution in [2.24, 2.45) is 5.92 Å². The first-order chi connectivity index (χ1) is 15.7. The maximum Gasteiger partial charge on any atom is 0.231 e. The van der Waals surface area contributed by atoms with Gasteiger partial charge in [0.25, 0.3) is 0 Å². The van der Waals surface area contributed by atoms with Crippen LogP contribution in [0.5, 0.6) is 34.5 Å². The average Bonchev–Trinajstić information content (AvgIpc) is 3.52. The highest BCUT2D eigenvalue weighted by Gasteiger charge is 2.43. The maximum absolute atomic E-state index is 6.66. The maximum atomic E-state index is 6.66. The lowest BCUT2D eigenvalue weighted by Crippen LogP contribution is -2.47. The number of likely N-dealkylation sites (tertiary alicyclic amines) is 1. The van der Waals surface area contributed by atoms with Gasteiger partial charge in [0.1, 0.15) is 5.75 Å².